The molecular formula is C13H8NO3S. The van der Waals surface area contributed by atoms with Crippen molar-refractivity contribution in [3.8, 4) is 0 Å². The Hall–Kier alpha value is -2.14. The topological polar surface area (TPSA) is 54.5 Å². The van der Waals surface area contributed by atoms with Crippen LogP contribution >= 0.6 is 0 Å². The number of nitrogens with zero attached hydrogens (tertiary/aromatic N) is 1. The molecule has 0 N–H and O–H groups in total. The Bertz CT molecular complexity index is 723. The Morgan fingerprint density at radius 3 is 2.50 bits per heavy atom. The average Bonchev–Trinajstić information content (AvgIpc) is 2.39. The van der Waals surface area contributed by atoms with Crippen molar-refractivity contribution in [3.05, 3.63) is 60.2 Å². The van der Waals surface area contributed by atoms with Crippen molar-refractivity contribution in [3.63, 3.8) is 0 Å². The maximum atomic E-state index is 12.1. The zero-order chi connectivity index (χ0) is 12.8. The number of benzene rings is 2. The van der Waals surface area contributed by atoms with E-state index in [1.54, 1.807) is 42.5 Å². The molecule has 0 bridgehead atoms. The van der Waals surface area contributed by atoms with E-state index in [9.17, 15) is 13.2 Å². The highest BCUT2D eigenvalue weighted by Gasteiger charge is 2.44. The molecule has 0 aromatic heterocycles. The molecule has 1 aliphatic heterocycles. The minimum atomic E-state index is -3.70. The van der Waals surface area contributed by atoms with Gasteiger partial charge in [-0.25, -0.2) is 8.42 Å². The highest BCUT2D eigenvalue weighted by molar-refractivity contribution is 7.95. The fraction of sp³-hybridized carbons (Fsp3) is 0. The molecule has 0 saturated carbocycles. The SMILES string of the molecule is O=C(c1ccccc1)N1c2ccc[c]c2S1(=O)=O. The van der Waals surface area contributed by atoms with Crippen LogP contribution in [0.4, 0.5) is 5.69 Å². The minimum absolute atomic E-state index is 0.0780. The molecule has 3 rings (SSSR count). The molecule has 18 heavy (non-hydrogen) atoms. The summed E-state index contributed by atoms with van der Waals surface area (Å²) in [6, 6.07) is 15.7. The fourth-order valence-corrected chi connectivity index (χ4v) is 3.30. The normalized spacial score (nSPS) is 15.7. The summed E-state index contributed by atoms with van der Waals surface area (Å²) in [6.45, 7) is 0. The van der Waals surface area contributed by atoms with Crippen molar-refractivity contribution in [2.45, 2.75) is 4.90 Å². The standard InChI is InChI=1S/C13H8NO3S/c15-13(10-6-2-1-3-7-10)14-11-8-4-5-9-12(11)18(14,16)17/h1-8H. The third-order valence-electron chi connectivity index (χ3n) is 2.72. The van der Waals surface area contributed by atoms with Gasteiger partial charge in [0.2, 0.25) is 0 Å². The first-order valence-electron chi connectivity index (χ1n) is 5.28. The summed E-state index contributed by atoms with van der Waals surface area (Å²) in [5.41, 5.74) is 0.724. The van der Waals surface area contributed by atoms with E-state index in [2.05, 4.69) is 6.07 Å². The number of hydrogen-bond acceptors (Lipinski definition) is 3. The van der Waals surface area contributed by atoms with Gasteiger partial charge in [0.15, 0.2) is 0 Å². The summed E-state index contributed by atoms with van der Waals surface area (Å²) in [4.78, 5) is 12.2. The average molecular weight is 258 g/mol. The highest BCUT2D eigenvalue weighted by Crippen LogP contribution is 2.40. The summed E-state index contributed by atoms with van der Waals surface area (Å²) in [5, 5.41) is 0. The van der Waals surface area contributed by atoms with Gasteiger partial charge >= 0.3 is 0 Å². The van der Waals surface area contributed by atoms with E-state index in [-0.39, 0.29) is 4.90 Å². The Kier molecular flexibility index (Phi) is 2.24. The predicted octanol–water partition coefficient (Wildman–Crippen LogP) is 1.84. The van der Waals surface area contributed by atoms with E-state index in [0.717, 1.165) is 4.31 Å². The quantitative estimate of drug-likeness (QED) is 0.784. The van der Waals surface area contributed by atoms with Crippen LogP contribution in [-0.2, 0) is 10.0 Å². The number of rotatable bonds is 1. The summed E-state index contributed by atoms with van der Waals surface area (Å²) < 4.78 is 24.7. The van der Waals surface area contributed by atoms with Crippen LogP contribution in [0.25, 0.3) is 0 Å². The van der Waals surface area contributed by atoms with Crippen LogP contribution in [0.3, 0.4) is 0 Å². The van der Waals surface area contributed by atoms with Crippen LogP contribution < -0.4 is 4.31 Å². The lowest BCUT2D eigenvalue weighted by Gasteiger charge is -2.32. The fourth-order valence-electron chi connectivity index (χ4n) is 1.88. The highest BCUT2D eigenvalue weighted by atomic mass is 32.2. The van der Waals surface area contributed by atoms with E-state index in [1.165, 1.54) is 6.07 Å². The van der Waals surface area contributed by atoms with Crippen LogP contribution in [-0.4, -0.2) is 14.3 Å². The second-order valence-corrected chi connectivity index (χ2v) is 5.55. The van der Waals surface area contributed by atoms with Gasteiger partial charge < -0.3 is 0 Å². The van der Waals surface area contributed by atoms with Gasteiger partial charge in [0, 0.05) is 11.6 Å². The zero-order valence-corrected chi connectivity index (χ0v) is 10.0. The minimum Gasteiger partial charge on any atom is -0.268 e. The maximum absolute atomic E-state index is 12.1. The van der Waals surface area contributed by atoms with E-state index in [4.69, 9.17) is 0 Å². The Labute approximate surface area is 105 Å². The second kappa shape index (κ2) is 3.68. The van der Waals surface area contributed by atoms with Gasteiger partial charge in [-0.15, -0.1) is 0 Å². The van der Waals surface area contributed by atoms with Crippen molar-refractivity contribution < 1.29 is 13.2 Å². The van der Waals surface area contributed by atoms with E-state index < -0.39 is 15.9 Å². The molecule has 1 amide bonds. The molecule has 1 radical (unpaired) electrons. The van der Waals surface area contributed by atoms with Crippen LogP contribution in [0, 0.1) is 6.07 Å². The molecule has 5 heteroatoms. The molecule has 0 saturated heterocycles. The van der Waals surface area contributed by atoms with Crippen molar-refractivity contribution in [1.82, 2.24) is 0 Å². The monoisotopic (exact) mass is 258 g/mol. The lowest BCUT2D eigenvalue weighted by molar-refractivity contribution is 0.100. The maximum Gasteiger partial charge on any atom is 0.273 e. The molecule has 2 aromatic rings. The van der Waals surface area contributed by atoms with Crippen molar-refractivity contribution >= 4 is 21.6 Å². The summed E-state index contributed by atoms with van der Waals surface area (Å²) >= 11 is 0. The Morgan fingerprint density at radius 2 is 1.78 bits per heavy atom. The van der Waals surface area contributed by atoms with Gasteiger partial charge in [-0.3, -0.25) is 4.79 Å². The first-order chi connectivity index (χ1) is 8.62. The zero-order valence-electron chi connectivity index (χ0n) is 9.20. The summed E-state index contributed by atoms with van der Waals surface area (Å²) in [7, 11) is -3.70. The number of amides is 1. The van der Waals surface area contributed by atoms with Gasteiger partial charge in [-0.1, -0.05) is 30.3 Å². The number of sulfonamides is 1. The molecule has 0 aliphatic carbocycles. The van der Waals surface area contributed by atoms with Crippen LogP contribution in [0.15, 0.2) is 53.4 Å². The lowest BCUT2D eigenvalue weighted by atomic mass is 10.2. The van der Waals surface area contributed by atoms with Crippen molar-refractivity contribution in [2.75, 3.05) is 4.31 Å². The van der Waals surface area contributed by atoms with Crippen LogP contribution in [0.2, 0.25) is 0 Å². The van der Waals surface area contributed by atoms with E-state index >= 15 is 0 Å². The number of fused-ring (bicyclic) bond motifs is 1. The lowest BCUT2D eigenvalue weighted by Crippen LogP contribution is -2.44. The molecular weight excluding hydrogens is 250 g/mol. The molecule has 0 fully saturated rings. The number of carbonyl (C=O) groups excluding carboxylic acids is 1. The first kappa shape index (κ1) is 11.0. The predicted molar refractivity (Wildman–Crippen MR) is 65.7 cm³/mol. The van der Waals surface area contributed by atoms with Crippen molar-refractivity contribution in [2.24, 2.45) is 0 Å². The van der Waals surface area contributed by atoms with E-state index in [0.29, 0.717) is 11.3 Å². The molecule has 0 unspecified atom stereocenters. The number of anilines is 1. The molecule has 1 heterocycles. The van der Waals surface area contributed by atoms with Crippen LogP contribution in [0.5, 0.6) is 0 Å². The van der Waals surface area contributed by atoms with Crippen LogP contribution in [0.1, 0.15) is 10.4 Å². The van der Waals surface area contributed by atoms with E-state index in [1.807, 2.05) is 0 Å². The molecule has 0 atom stereocenters. The molecule has 0 spiro atoms. The Morgan fingerprint density at radius 1 is 1.06 bits per heavy atom. The molecule has 2 aromatic carbocycles. The number of hydrogen-bond donors (Lipinski definition) is 0. The molecule has 1 aliphatic rings. The molecule has 4 nitrogen and oxygen atoms in total. The largest absolute Gasteiger partial charge is 0.273 e. The van der Waals surface area contributed by atoms with Gasteiger partial charge in [0.05, 0.1) is 5.69 Å². The van der Waals surface area contributed by atoms with Gasteiger partial charge in [0.25, 0.3) is 15.9 Å². The second-order valence-electron chi connectivity index (χ2n) is 3.83. The number of carbonyl (C=O) groups is 1. The van der Waals surface area contributed by atoms with Crippen molar-refractivity contribution in [1.29, 1.82) is 0 Å². The Balaban J connectivity index is 2.09. The smallest absolute Gasteiger partial charge is 0.268 e. The summed E-state index contributed by atoms with van der Waals surface area (Å²) in [6.07, 6.45) is 0. The third-order valence-corrected chi connectivity index (χ3v) is 4.41. The molecule has 89 valence electrons. The first-order valence-corrected chi connectivity index (χ1v) is 6.72. The van der Waals surface area contributed by atoms with Gasteiger partial charge in [-0.2, -0.15) is 4.31 Å². The third kappa shape index (κ3) is 1.37. The van der Waals surface area contributed by atoms with Gasteiger partial charge in [-0.05, 0) is 18.2 Å². The summed E-state index contributed by atoms with van der Waals surface area (Å²) in [5.74, 6) is -0.539. The van der Waals surface area contributed by atoms with Gasteiger partial charge in [0.1, 0.15) is 4.90 Å².